The number of nitrogens with zero attached hydrogens (tertiary/aromatic N) is 4. The van der Waals surface area contributed by atoms with E-state index in [0.717, 1.165) is 45.4 Å². The van der Waals surface area contributed by atoms with Gasteiger partial charge in [0.05, 0.1) is 40.9 Å². The quantitative estimate of drug-likeness (QED) is 0.168. The highest BCUT2D eigenvalue weighted by Crippen LogP contribution is 2.37. The highest BCUT2D eigenvalue weighted by atomic mass is 19.2. The molecule has 1 aliphatic heterocycles. The van der Waals surface area contributed by atoms with Crippen molar-refractivity contribution in [3.8, 4) is 22.9 Å². The summed E-state index contributed by atoms with van der Waals surface area (Å²) in [5, 5.41) is 16.5. The molecule has 11 heteroatoms. The van der Waals surface area contributed by atoms with Gasteiger partial charge in [0, 0.05) is 42.5 Å². The van der Waals surface area contributed by atoms with Crippen LogP contribution in [0.15, 0.2) is 91.5 Å². The van der Waals surface area contributed by atoms with E-state index in [1.165, 1.54) is 6.20 Å². The molecule has 2 N–H and O–H groups in total. The number of ether oxygens (including phenoxy) is 1. The van der Waals surface area contributed by atoms with Crippen molar-refractivity contribution in [3.05, 3.63) is 131 Å². The van der Waals surface area contributed by atoms with E-state index < -0.39 is 17.5 Å². The molecule has 0 spiro atoms. The molecule has 0 saturated carbocycles. The number of rotatable bonds is 8. The van der Waals surface area contributed by atoms with E-state index >= 15 is 0 Å². The Balaban J connectivity index is 1.13. The van der Waals surface area contributed by atoms with Crippen LogP contribution in [-0.4, -0.2) is 27.0 Å². The van der Waals surface area contributed by atoms with Crippen molar-refractivity contribution in [3.63, 3.8) is 0 Å². The number of hydrogen-bond donors (Lipinski definition) is 2. The van der Waals surface area contributed by atoms with Gasteiger partial charge in [-0.15, -0.1) is 0 Å². The molecule has 4 heterocycles. The number of aryl methyl sites for hydroxylation is 2. The predicted molar refractivity (Wildman–Crippen MR) is 171 cm³/mol. The van der Waals surface area contributed by atoms with Crippen molar-refractivity contribution >= 4 is 33.9 Å². The molecule has 0 saturated heterocycles. The topological polar surface area (TPSA) is 105 Å². The summed E-state index contributed by atoms with van der Waals surface area (Å²) >= 11 is 0. The van der Waals surface area contributed by atoms with Crippen LogP contribution >= 0.6 is 0 Å². The van der Waals surface area contributed by atoms with E-state index in [2.05, 4.69) is 20.6 Å². The molecule has 47 heavy (non-hydrogen) atoms. The maximum Gasteiger partial charge on any atom is 0.257 e. The molecule has 0 atom stereocenters. The number of amides is 1. The summed E-state index contributed by atoms with van der Waals surface area (Å²) in [5.74, 6) is -3.76. The van der Waals surface area contributed by atoms with Gasteiger partial charge in [-0.1, -0.05) is 12.1 Å². The summed E-state index contributed by atoms with van der Waals surface area (Å²) < 4.78 is 48.8. The summed E-state index contributed by atoms with van der Waals surface area (Å²) in [5.41, 5.74) is 6.51. The second-order valence-electron chi connectivity index (χ2n) is 11.0. The highest BCUT2D eigenvalue weighted by Gasteiger charge is 2.21. The molecule has 3 aromatic heterocycles. The summed E-state index contributed by atoms with van der Waals surface area (Å²) in [6.07, 6.45) is 7.70. The lowest BCUT2D eigenvalue weighted by atomic mass is 10.0. The van der Waals surface area contributed by atoms with Crippen LogP contribution in [0.5, 0.6) is 5.75 Å². The fraction of sp³-hybridized carbons (Fsp3) is 0.111. The highest BCUT2D eigenvalue weighted by molar-refractivity contribution is 6.13. The number of benzene rings is 3. The Bertz CT molecular complexity index is 2200. The Labute approximate surface area is 267 Å². The van der Waals surface area contributed by atoms with Gasteiger partial charge in [-0.3, -0.25) is 9.78 Å². The summed E-state index contributed by atoms with van der Waals surface area (Å²) in [6.45, 7) is 0.700. The first-order chi connectivity index (χ1) is 22.9. The SMILES string of the molecule is N#Cc1ncccc1OCCc1ccc2c(c1)NC(=O)c1ccc(-c3cn(CCc4cc(F)c(F)c(F)c4)c4cnccc34)cc1N2. The van der Waals surface area contributed by atoms with E-state index in [1.807, 2.05) is 53.2 Å². The van der Waals surface area contributed by atoms with Crippen LogP contribution in [0.1, 0.15) is 27.2 Å². The number of nitriles is 1. The van der Waals surface area contributed by atoms with E-state index in [0.29, 0.717) is 47.8 Å². The van der Waals surface area contributed by atoms with Crippen molar-refractivity contribution in [1.29, 1.82) is 5.26 Å². The lowest BCUT2D eigenvalue weighted by molar-refractivity contribution is 0.102. The first-order valence-electron chi connectivity index (χ1n) is 14.8. The van der Waals surface area contributed by atoms with Crippen LogP contribution in [0.2, 0.25) is 0 Å². The van der Waals surface area contributed by atoms with Gasteiger partial charge in [-0.05, 0) is 77.7 Å². The molecule has 0 bridgehead atoms. The lowest BCUT2D eigenvalue weighted by Crippen LogP contribution is -2.11. The van der Waals surface area contributed by atoms with E-state index in [4.69, 9.17) is 4.74 Å². The van der Waals surface area contributed by atoms with Crippen molar-refractivity contribution in [2.45, 2.75) is 19.4 Å². The molecule has 8 nitrogen and oxygen atoms in total. The first-order valence-corrected chi connectivity index (χ1v) is 14.8. The second-order valence-corrected chi connectivity index (χ2v) is 11.0. The zero-order valence-electron chi connectivity index (χ0n) is 24.7. The Morgan fingerprint density at radius 3 is 2.53 bits per heavy atom. The van der Waals surface area contributed by atoms with Gasteiger partial charge in [0.1, 0.15) is 6.07 Å². The van der Waals surface area contributed by atoms with E-state index in [-0.39, 0.29) is 18.0 Å². The summed E-state index contributed by atoms with van der Waals surface area (Å²) in [4.78, 5) is 21.6. The Morgan fingerprint density at radius 2 is 1.70 bits per heavy atom. The largest absolute Gasteiger partial charge is 0.490 e. The zero-order valence-corrected chi connectivity index (χ0v) is 24.7. The molecule has 3 aromatic carbocycles. The number of aromatic nitrogens is 3. The third kappa shape index (κ3) is 5.84. The molecule has 0 fully saturated rings. The van der Waals surface area contributed by atoms with Crippen LogP contribution in [0.3, 0.4) is 0 Å². The maximum absolute atomic E-state index is 13.8. The third-order valence-corrected chi connectivity index (χ3v) is 8.07. The smallest absolute Gasteiger partial charge is 0.257 e. The Hall–Kier alpha value is -6.15. The average Bonchev–Trinajstić information content (AvgIpc) is 3.39. The van der Waals surface area contributed by atoms with Crippen molar-refractivity contribution < 1.29 is 22.7 Å². The lowest BCUT2D eigenvalue weighted by Gasteiger charge is -2.12. The minimum atomic E-state index is -1.48. The van der Waals surface area contributed by atoms with Crippen molar-refractivity contribution in [2.75, 3.05) is 17.2 Å². The molecule has 7 rings (SSSR count). The van der Waals surface area contributed by atoms with Crippen molar-refractivity contribution in [2.24, 2.45) is 0 Å². The number of anilines is 3. The molecule has 0 radical (unpaired) electrons. The zero-order chi connectivity index (χ0) is 32.5. The second kappa shape index (κ2) is 12.3. The van der Waals surface area contributed by atoms with Gasteiger partial charge in [0.15, 0.2) is 28.9 Å². The molecule has 232 valence electrons. The minimum absolute atomic E-state index is 0.225. The number of pyridine rings is 2. The molecule has 0 aliphatic carbocycles. The number of fused-ring (bicyclic) bond motifs is 3. The van der Waals surface area contributed by atoms with Crippen LogP contribution in [-0.2, 0) is 19.4 Å². The van der Waals surface area contributed by atoms with Gasteiger partial charge in [0.25, 0.3) is 5.91 Å². The third-order valence-electron chi connectivity index (χ3n) is 8.07. The number of carbonyl (C=O) groups is 1. The van der Waals surface area contributed by atoms with Crippen LogP contribution in [0, 0.1) is 28.8 Å². The Kier molecular flexibility index (Phi) is 7.75. The number of nitrogens with one attached hydrogen (secondary N) is 2. The minimum Gasteiger partial charge on any atom is -0.490 e. The number of hydrogen-bond acceptors (Lipinski definition) is 6. The molecule has 6 aromatic rings. The van der Waals surface area contributed by atoms with E-state index in [9.17, 15) is 23.2 Å². The van der Waals surface area contributed by atoms with Crippen LogP contribution < -0.4 is 15.4 Å². The molecule has 1 aliphatic rings. The van der Waals surface area contributed by atoms with E-state index in [1.54, 1.807) is 30.6 Å². The fourth-order valence-electron chi connectivity index (χ4n) is 5.73. The normalized spacial score (nSPS) is 12.0. The van der Waals surface area contributed by atoms with Gasteiger partial charge in [0.2, 0.25) is 0 Å². The van der Waals surface area contributed by atoms with Gasteiger partial charge in [-0.2, -0.15) is 5.26 Å². The van der Waals surface area contributed by atoms with Gasteiger partial charge < -0.3 is 19.9 Å². The molecule has 0 unspecified atom stereocenters. The molecular formula is C36H25F3N6O2. The maximum atomic E-state index is 13.8. The number of halogens is 3. The number of carbonyl (C=O) groups excluding carboxylic acids is 1. The van der Waals surface area contributed by atoms with Crippen molar-refractivity contribution in [1.82, 2.24) is 14.5 Å². The first kappa shape index (κ1) is 29.6. The van der Waals surface area contributed by atoms with Gasteiger partial charge >= 0.3 is 0 Å². The van der Waals surface area contributed by atoms with Gasteiger partial charge in [-0.25, -0.2) is 18.2 Å². The average molecular weight is 631 g/mol. The standard InChI is InChI=1S/C36H25F3N6O2/c37-27-14-22(15-28(38)35(27)39)8-12-45-20-26(24-7-11-41-19-33(24)45)23-4-5-25-30(17-23)43-29-6-3-21(16-31(29)44-36(25)46)9-13-47-34-2-1-10-42-32(34)18-40/h1-7,10-11,14-17,19-20,43H,8-9,12-13H2,(H,44,46). The summed E-state index contributed by atoms with van der Waals surface area (Å²) in [7, 11) is 0. The van der Waals surface area contributed by atoms with Crippen LogP contribution in [0.4, 0.5) is 30.2 Å². The predicted octanol–water partition coefficient (Wildman–Crippen LogP) is 7.56. The monoisotopic (exact) mass is 630 g/mol. The molecular weight excluding hydrogens is 605 g/mol. The van der Waals surface area contributed by atoms with Crippen LogP contribution in [0.25, 0.3) is 22.0 Å². The fourth-order valence-corrected chi connectivity index (χ4v) is 5.73. The Morgan fingerprint density at radius 1 is 0.851 bits per heavy atom. The summed E-state index contributed by atoms with van der Waals surface area (Å²) in [6, 6.07) is 20.6. The molecule has 1 amide bonds.